The number of hydrogen-bond donors (Lipinski definition) is 1. The first kappa shape index (κ1) is 19.1. The number of likely N-dealkylation sites (N-methyl/N-ethyl adjacent to an activating group) is 1. The lowest BCUT2D eigenvalue weighted by Gasteiger charge is -2.09. The second kappa shape index (κ2) is 8.79. The molecule has 0 bridgehead atoms. The van der Waals surface area contributed by atoms with Crippen LogP contribution in [0.1, 0.15) is 16.1 Å². The Bertz CT molecular complexity index is 887. The van der Waals surface area contributed by atoms with Gasteiger partial charge in [0.2, 0.25) is 0 Å². The SMILES string of the molecule is COc1ccc(-c2nc(C(=O)Nc3ccc(CCN(C)C)cc3)cs2)cc1. The minimum Gasteiger partial charge on any atom is -0.497 e. The van der Waals surface area contributed by atoms with Gasteiger partial charge in [-0.05, 0) is 62.5 Å². The van der Waals surface area contributed by atoms with Gasteiger partial charge in [0.25, 0.3) is 5.91 Å². The number of amides is 1. The highest BCUT2D eigenvalue weighted by Crippen LogP contribution is 2.26. The third-order valence-corrected chi connectivity index (χ3v) is 5.02. The maximum atomic E-state index is 12.5. The zero-order valence-corrected chi connectivity index (χ0v) is 16.5. The van der Waals surface area contributed by atoms with Gasteiger partial charge in [-0.1, -0.05) is 12.1 Å². The Hall–Kier alpha value is -2.70. The minimum absolute atomic E-state index is 0.202. The smallest absolute Gasteiger partial charge is 0.275 e. The average molecular weight is 382 g/mol. The van der Waals surface area contributed by atoms with Gasteiger partial charge in [-0.15, -0.1) is 11.3 Å². The third kappa shape index (κ3) is 5.15. The van der Waals surface area contributed by atoms with Crippen LogP contribution in [0.3, 0.4) is 0 Å². The van der Waals surface area contributed by atoms with Crippen molar-refractivity contribution in [2.45, 2.75) is 6.42 Å². The summed E-state index contributed by atoms with van der Waals surface area (Å²) in [7, 11) is 5.75. The lowest BCUT2D eigenvalue weighted by molar-refractivity contribution is 0.102. The predicted molar refractivity (Wildman–Crippen MR) is 111 cm³/mol. The number of carbonyl (C=O) groups is 1. The molecule has 27 heavy (non-hydrogen) atoms. The van der Waals surface area contributed by atoms with Crippen molar-refractivity contribution < 1.29 is 9.53 Å². The van der Waals surface area contributed by atoms with Crippen molar-refractivity contribution in [2.75, 3.05) is 33.1 Å². The molecule has 0 unspecified atom stereocenters. The molecular formula is C21H23N3O2S. The summed E-state index contributed by atoms with van der Waals surface area (Å²) in [5, 5.41) is 5.49. The summed E-state index contributed by atoms with van der Waals surface area (Å²) in [6.45, 7) is 0.999. The van der Waals surface area contributed by atoms with E-state index in [9.17, 15) is 4.79 Å². The van der Waals surface area contributed by atoms with Crippen molar-refractivity contribution in [3.63, 3.8) is 0 Å². The monoisotopic (exact) mass is 381 g/mol. The molecule has 0 saturated carbocycles. The van der Waals surface area contributed by atoms with E-state index in [-0.39, 0.29) is 5.91 Å². The summed E-state index contributed by atoms with van der Waals surface area (Å²) < 4.78 is 5.17. The summed E-state index contributed by atoms with van der Waals surface area (Å²) in [4.78, 5) is 19.1. The highest BCUT2D eigenvalue weighted by atomic mass is 32.1. The summed E-state index contributed by atoms with van der Waals surface area (Å²) in [6, 6.07) is 15.6. The fraction of sp³-hybridized carbons (Fsp3) is 0.238. The van der Waals surface area contributed by atoms with Crippen LogP contribution in [0.4, 0.5) is 5.69 Å². The minimum atomic E-state index is -0.202. The molecule has 0 atom stereocenters. The zero-order chi connectivity index (χ0) is 19.2. The molecule has 140 valence electrons. The molecule has 0 aliphatic heterocycles. The number of rotatable bonds is 7. The van der Waals surface area contributed by atoms with Crippen LogP contribution in [0, 0.1) is 0 Å². The highest BCUT2D eigenvalue weighted by molar-refractivity contribution is 7.13. The lowest BCUT2D eigenvalue weighted by Crippen LogP contribution is -2.15. The van der Waals surface area contributed by atoms with E-state index in [0.29, 0.717) is 5.69 Å². The van der Waals surface area contributed by atoms with Crippen molar-refractivity contribution in [1.82, 2.24) is 9.88 Å². The molecule has 5 nitrogen and oxygen atoms in total. The van der Waals surface area contributed by atoms with Crippen LogP contribution in [0.25, 0.3) is 10.6 Å². The van der Waals surface area contributed by atoms with E-state index in [1.54, 1.807) is 12.5 Å². The lowest BCUT2D eigenvalue weighted by atomic mass is 10.1. The van der Waals surface area contributed by atoms with Crippen molar-refractivity contribution in [3.8, 4) is 16.3 Å². The van der Waals surface area contributed by atoms with E-state index in [1.165, 1.54) is 16.9 Å². The number of hydrogen-bond acceptors (Lipinski definition) is 5. The Morgan fingerprint density at radius 2 is 1.81 bits per heavy atom. The summed E-state index contributed by atoms with van der Waals surface area (Å²) in [6.07, 6.45) is 0.985. The number of anilines is 1. The first-order valence-electron chi connectivity index (χ1n) is 8.70. The maximum absolute atomic E-state index is 12.5. The molecule has 1 aromatic heterocycles. The molecule has 6 heteroatoms. The molecule has 0 fully saturated rings. The molecule has 3 rings (SSSR count). The summed E-state index contributed by atoms with van der Waals surface area (Å²) >= 11 is 1.45. The van der Waals surface area contributed by atoms with Gasteiger partial charge in [0.05, 0.1) is 7.11 Å². The Labute approximate surface area is 163 Å². The van der Waals surface area contributed by atoms with Crippen LogP contribution in [-0.2, 0) is 6.42 Å². The van der Waals surface area contributed by atoms with E-state index < -0.39 is 0 Å². The highest BCUT2D eigenvalue weighted by Gasteiger charge is 2.12. The van der Waals surface area contributed by atoms with Gasteiger partial charge in [0.15, 0.2) is 0 Å². The number of nitrogens with zero attached hydrogens (tertiary/aromatic N) is 2. The van der Waals surface area contributed by atoms with E-state index in [4.69, 9.17) is 4.74 Å². The largest absolute Gasteiger partial charge is 0.497 e. The van der Waals surface area contributed by atoms with Gasteiger partial charge in [0, 0.05) is 23.2 Å². The number of benzene rings is 2. The van der Waals surface area contributed by atoms with E-state index in [1.807, 2.05) is 48.5 Å². The maximum Gasteiger partial charge on any atom is 0.275 e. The van der Waals surface area contributed by atoms with Crippen LogP contribution in [0.5, 0.6) is 5.75 Å². The Kier molecular flexibility index (Phi) is 6.21. The number of thiazole rings is 1. The van der Waals surface area contributed by atoms with Crippen LogP contribution >= 0.6 is 11.3 Å². The number of methoxy groups -OCH3 is 1. The standard InChI is InChI=1S/C21H23N3O2S/c1-24(2)13-12-15-4-8-17(9-5-15)22-20(25)19-14-27-21(23-19)16-6-10-18(26-3)11-7-16/h4-11,14H,12-13H2,1-3H3,(H,22,25). The third-order valence-electron chi connectivity index (χ3n) is 4.13. The number of ether oxygens (including phenoxy) is 1. The normalized spacial score (nSPS) is 10.8. The molecule has 0 saturated heterocycles. The van der Waals surface area contributed by atoms with Crippen molar-refractivity contribution in [1.29, 1.82) is 0 Å². The van der Waals surface area contributed by atoms with Crippen LogP contribution in [0.15, 0.2) is 53.9 Å². The second-order valence-corrected chi connectivity index (χ2v) is 7.33. The number of aromatic nitrogens is 1. The molecule has 0 spiro atoms. The molecule has 3 aromatic rings. The predicted octanol–water partition coefficient (Wildman–Crippen LogP) is 4.18. The van der Waals surface area contributed by atoms with Crippen molar-refractivity contribution in [2.24, 2.45) is 0 Å². The molecule has 0 aliphatic carbocycles. The summed E-state index contributed by atoms with van der Waals surface area (Å²) in [5.74, 6) is 0.592. The molecule has 0 radical (unpaired) electrons. The average Bonchev–Trinajstić information content (AvgIpc) is 3.18. The number of nitrogens with one attached hydrogen (secondary N) is 1. The van der Waals surface area contributed by atoms with Gasteiger partial charge in [-0.25, -0.2) is 4.98 Å². The van der Waals surface area contributed by atoms with E-state index in [0.717, 1.165) is 35.0 Å². The Morgan fingerprint density at radius 1 is 1.11 bits per heavy atom. The zero-order valence-electron chi connectivity index (χ0n) is 15.7. The molecule has 1 amide bonds. The van der Waals surface area contributed by atoms with Gasteiger partial charge < -0.3 is 15.0 Å². The van der Waals surface area contributed by atoms with Crippen molar-refractivity contribution in [3.05, 3.63) is 65.2 Å². The Balaban J connectivity index is 1.63. The van der Waals surface area contributed by atoms with Crippen LogP contribution in [-0.4, -0.2) is 43.5 Å². The first-order chi connectivity index (χ1) is 13.0. The van der Waals surface area contributed by atoms with Crippen molar-refractivity contribution >= 4 is 22.9 Å². The number of carbonyl (C=O) groups excluding carboxylic acids is 1. The quantitative estimate of drug-likeness (QED) is 0.667. The van der Waals surface area contributed by atoms with Crippen LogP contribution < -0.4 is 10.1 Å². The van der Waals surface area contributed by atoms with Gasteiger partial charge in [-0.3, -0.25) is 4.79 Å². The first-order valence-corrected chi connectivity index (χ1v) is 9.58. The second-order valence-electron chi connectivity index (χ2n) is 6.47. The van der Waals surface area contributed by atoms with Crippen LogP contribution in [0.2, 0.25) is 0 Å². The molecular weight excluding hydrogens is 358 g/mol. The van der Waals surface area contributed by atoms with Gasteiger partial charge in [-0.2, -0.15) is 0 Å². The summed E-state index contributed by atoms with van der Waals surface area (Å²) in [5.41, 5.74) is 3.40. The fourth-order valence-corrected chi connectivity index (χ4v) is 3.35. The topological polar surface area (TPSA) is 54.5 Å². The van der Waals surface area contributed by atoms with Gasteiger partial charge >= 0.3 is 0 Å². The molecule has 2 aromatic carbocycles. The molecule has 0 aliphatic rings. The fourth-order valence-electron chi connectivity index (χ4n) is 2.55. The molecule has 1 N–H and O–H groups in total. The molecule has 1 heterocycles. The van der Waals surface area contributed by atoms with E-state index >= 15 is 0 Å². The van der Waals surface area contributed by atoms with Gasteiger partial charge in [0.1, 0.15) is 16.5 Å². The van der Waals surface area contributed by atoms with E-state index in [2.05, 4.69) is 29.3 Å². The Morgan fingerprint density at radius 3 is 2.44 bits per heavy atom.